The number of hydrogen-bond donors (Lipinski definition) is 0. The average molecular weight is 255 g/mol. The van der Waals surface area contributed by atoms with Crippen molar-refractivity contribution in [3.05, 3.63) is 46.5 Å². The second-order valence-corrected chi connectivity index (χ2v) is 4.00. The van der Waals surface area contributed by atoms with E-state index in [1.807, 2.05) is 12.1 Å². The maximum atomic E-state index is 11.1. The van der Waals surface area contributed by atoms with Crippen LogP contribution in [0.2, 0.25) is 0 Å². The number of benzene rings is 1. The summed E-state index contributed by atoms with van der Waals surface area (Å²) in [5, 5.41) is 0. The number of esters is 1. The topological polar surface area (TPSA) is 26.3 Å². The predicted octanol–water partition coefficient (Wildman–Crippen LogP) is 2.92. The first-order chi connectivity index (χ1) is 6.63. The fraction of sp³-hybridized carbons (Fsp3) is 0.182. The number of halogens is 1. The van der Waals surface area contributed by atoms with Crippen LogP contribution in [0.25, 0.3) is 0 Å². The highest BCUT2D eigenvalue weighted by molar-refractivity contribution is 9.11. The van der Waals surface area contributed by atoms with Crippen molar-refractivity contribution in [2.45, 2.75) is 6.42 Å². The normalized spacial score (nSPS) is 9.57. The van der Waals surface area contributed by atoms with Crippen molar-refractivity contribution in [1.29, 1.82) is 0 Å². The molecule has 0 bridgehead atoms. The van der Waals surface area contributed by atoms with E-state index < -0.39 is 0 Å². The number of carbonyl (C=O) groups is 1. The zero-order chi connectivity index (χ0) is 10.6. The van der Waals surface area contributed by atoms with Gasteiger partial charge < -0.3 is 4.74 Å². The molecule has 2 nitrogen and oxygen atoms in total. The Morgan fingerprint density at radius 3 is 2.43 bits per heavy atom. The average Bonchev–Trinajstić information content (AvgIpc) is 2.17. The summed E-state index contributed by atoms with van der Waals surface area (Å²) in [6, 6.07) is 7.27. The number of ether oxygens (including phenoxy) is 1. The lowest BCUT2D eigenvalue weighted by Crippen LogP contribution is -2.00. The molecule has 0 spiro atoms. The third-order valence-corrected chi connectivity index (χ3v) is 2.05. The molecular weight excluding hydrogens is 244 g/mol. The SMILES string of the molecule is C=C(Br)Cc1ccc(C(=O)OC)cc1. The molecule has 74 valence electrons. The summed E-state index contributed by atoms with van der Waals surface area (Å²) in [6.45, 7) is 3.75. The van der Waals surface area contributed by atoms with Gasteiger partial charge in [0.25, 0.3) is 0 Å². The Morgan fingerprint density at radius 2 is 2.00 bits per heavy atom. The van der Waals surface area contributed by atoms with Crippen molar-refractivity contribution in [1.82, 2.24) is 0 Å². The van der Waals surface area contributed by atoms with Crippen LogP contribution in [0.4, 0.5) is 0 Å². The first kappa shape index (κ1) is 11.0. The number of methoxy groups -OCH3 is 1. The molecule has 0 aliphatic heterocycles. The van der Waals surface area contributed by atoms with Crippen LogP contribution in [0, 0.1) is 0 Å². The van der Waals surface area contributed by atoms with Crippen LogP contribution in [-0.4, -0.2) is 13.1 Å². The fourth-order valence-electron chi connectivity index (χ4n) is 1.10. The zero-order valence-corrected chi connectivity index (χ0v) is 9.50. The van der Waals surface area contributed by atoms with Crippen LogP contribution in [0.15, 0.2) is 35.3 Å². The van der Waals surface area contributed by atoms with Crippen LogP contribution in [0.1, 0.15) is 15.9 Å². The van der Waals surface area contributed by atoms with E-state index in [0.29, 0.717) is 5.56 Å². The van der Waals surface area contributed by atoms with E-state index in [2.05, 4.69) is 27.2 Å². The highest BCUT2D eigenvalue weighted by Crippen LogP contribution is 2.12. The summed E-state index contributed by atoms with van der Waals surface area (Å²) in [5.41, 5.74) is 1.68. The van der Waals surface area contributed by atoms with Gasteiger partial charge in [-0.05, 0) is 22.2 Å². The Morgan fingerprint density at radius 1 is 1.43 bits per heavy atom. The fourth-order valence-corrected chi connectivity index (χ4v) is 1.42. The molecule has 0 N–H and O–H groups in total. The molecule has 0 radical (unpaired) electrons. The molecule has 0 atom stereocenters. The highest BCUT2D eigenvalue weighted by atomic mass is 79.9. The van der Waals surface area contributed by atoms with Crippen LogP contribution in [0.3, 0.4) is 0 Å². The summed E-state index contributed by atoms with van der Waals surface area (Å²) >= 11 is 3.29. The molecule has 1 aromatic rings. The molecule has 0 saturated heterocycles. The summed E-state index contributed by atoms with van der Waals surface area (Å²) in [7, 11) is 1.37. The molecule has 0 aliphatic rings. The van der Waals surface area contributed by atoms with Crippen molar-refractivity contribution in [3.63, 3.8) is 0 Å². The van der Waals surface area contributed by atoms with Gasteiger partial charge in [-0.1, -0.05) is 34.6 Å². The van der Waals surface area contributed by atoms with E-state index in [-0.39, 0.29) is 5.97 Å². The van der Waals surface area contributed by atoms with Crippen LogP contribution < -0.4 is 0 Å². The summed E-state index contributed by atoms with van der Waals surface area (Å²) in [4.78, 5) is 11.1. The third-order valence-electron chi connectivity index (χ3n) is 1.77. The molecule has 0 aliphatic carbocycles. The number of rotatable bonds is 3. The van der Waals surface area contributed by atoms with Gasteiger partial charge in [-0.15, -0.1) is 0 Å². The Hall–Kier alpha value is -1.09. The second kappa shape index (κ2) is 4.96. The Bertz CT molecular complexity index is 341. The predicted molar refractivity (Wildman–Crippen MR) is 59.6 cm³/mol. The minimum atomic E-state index is -0.311. The molecular formula is C11H11BrO2. The molecule has 0 unspecified atom stereocenters. The molecule has 0 fully saturated rings. The third kappa shape index (κ3) is 3.00. The zero-order valence-electron chi connectivity index (χ0n) is 7.92. The number of allylic oxidation sites excluding steroid dienone is 1. The molecule has 14 heavy (non-hydrogen) atoms. The second-order valence-electron chi connectivity index (χ2n) is 2.88. The van der Waals surface area contributed by atoms with E-state index in [9.17, 15) is 4.79 Å². The van der Waals surface area contributed by atoms with Crippen molar-refractivity contribution in [2.24, 2.45) is 0 Å². The lowest BCUT2D eigenvalue weighted by molar-refractivity contribution is 0.0601. The van der Waals surface area contributed by atoms with Crippen LogP contribution in [-0.2, 0) is 11.2 Å². The van der Waals surface area contributed by atoms with Crippen LogP contribution >= 0.6 is 15.9 Å². The maximum Gasteiger partial charge on any atom is 0.337 e. The monoisotopic (exact) mass is 254 g/mol. The van der Waals surface area contributed by atoms with Gasteiger partial charge in [-0.3, -0.25) is 0 Å². The van der Waals surface area contributed by atoms with Crippen molar-refractivity contribution in [3.8, 4) is 0 Å². The maximum absolute atomic E-state index is 11.1. The van der Waals surface area contributed by atoms with Crippen molar-refractivity contribution < 1.29 is 9.53 Å². The van der Waals surface area contributed by atoms with Gasteiger partial charge in [-0.2, -0.15) is 0 Å². The Balaban J connectivity index is 2.78. The smallest absolute Gasteiger partial charge is 0.337 e. The van der Waals surface area contributed by atoms with Crippen molar-refractivity contribution in [2.75, 3.05) is 7.11 Å². The minimum Gasteiger partial charge on any atom is -0.465 e. The van der Waals surface area contributed by atoms with E-state index in [4.69, 9.17) is 0 Å². The largest absolute Gasteiger partial charge is 0.465 e. The minimum absolute atomic E-state index is 0.311. The first-order valence-electron chi connectivity index (χ1n) is 4.14. The van der Waals surface area contributed by atoms with Crippen molar-refractivity contribution >= 4 is 21.9 Å². The van der Waals surface area contributed by atoms with Gasteiger partial charge in [-0.25, -0.2) is 4.79 Å². The lowest BCUT2D eigenvalue weighted by Gasteiger charge is -2.01. The quantitative estimate of drug-likeness (QED) is 0.776. The molecule has 0 amide bonds. The first-order valence-corrected chi connectivity index (χ1v) is 4.93. The van der Waals surface area contributed by atoms with E-state index >= 15 is 0 Å². The van der Waals surface area contributed by atoms with E-state index in [1.54, 1.807) is 12.1 Å². The Labute approximate surface area is 91.7 Å². The number of hydrogen-bond acceptors (Lipinski definition) is 2. The van der Waals surface area contributed by atoms with Gasteiger partial charge in [0.2, 0.25) is 0 Å². The standard InChI is InChI=1S/C11H11BrO2/c1-8(12)7-9-3-5-10(6-4-9)11(13)14-2/h3-6H,1,7H2,2H3. The van der Waals surface area contributed by atoms with Gasteiger partial charge >= 0.3 is 5.97 Å². The summed E-state index contributed by atoms with van der Waals surface area (Å²) in [6.07, 6.45) is 0.765. The van der Waals surface area contributed by atoms with E-state index in [0.717, 1.165) is 16.5 Å². The lowest BCUT2D eigenvalue weighted by atomic mass is 10.1. The summed E-state index contributed by atoms with van der Waals surface area (Å²) in [5.74, 6) is -0.311. The molecule has 1 rings (SSSR count). The molecule has 3 heteroatoms. The molecule has 0 saturated carbocycles. The van der Waals surface area contributed by atoms with E-state index in [1.165, 1.54) is 7.11 Å². The number of carbonyl (C=O) groups excluding carboxylic acids is 1. The molecule has 0 aromatic heterocycles. The Kier molecular flexibility index (Phi) is 3.89. The van der Waals surface area contributed by atoms with Gasteiger partial charge in [0.05, 0.1) is 12.7 Å². The molecule has 0 heterocycles. The van der Waals surface area contributed by atoms with Crippen LogP contribution in [0.5, 0.6) is 0 Å². The highest BCUT2D eigenvalue weighted by Gasteiger charge is 2.03. The van der Waals surface area contributed by atoms with Gasteiger partial charge in [0.1, 0.15) is 0 Å². The summed E-state index contributed by atoms with van der Waals surface area (Å²) < 4.78 is 5.51. The van der Waals surface area contributed by atoms with Gasteiger partial charge in [0.15, 0.2) is 0 Å². The van der Waals surface area contributed by atoms with Gasteiger partial charge in [0, 0.05) is 6.42 Å². The molecule has 1 aromatic carbocycles.